The minimum Gasteiger partial charge on any atom is -0.445 e. The van der Waals surface area contributed by atoms with Gasteiger partial charge in [0.25, 0.3) is 0 Å². The van der Waals surface area contributed by atoms with Gasteiger partial charge in [-0.05, 0) is 18.1 Å². The number of hydrogen-bond acceptors (Lipinski definition) is 4. The van der Waals surface area contributed by atoms with Crippen LogP contribution in [0.3, 0.4) is 0 Å². The summed E-state index contributed by atoms with van der Waals surface area (Å²) < 4.78 is 17.7. The molecule has 148 valence electrons. The van der Waals surface area contributed by atoms with Gasteiger partial charge in [-0.2, -0.15) is 0 Å². The number of carbonyl (C=O) groups is 3. The molecule has 2 amide bonds. The Morgan fingerprint density at radius 2 is 1.50 bits per heavy atom. The van der Waals surface area contributed by atoms with Crippen molar-refractivity contribution in [2.75, 3.05) is 6.67 Å². The highest BCUT2D eigenvalue weighted by atomic mass is 19.1. The molecule has 0 aliphatic heterocycles. The van der Waals surface area contributed by atoms with E-state index in [4.69, 9.17) is 4.74 Å². The number of carbonyl (C=O) groups excluding carboxylic acids is 3. The smallest absolute Gasteiger partial charge is 0.408 e. The molecule has 0 saturated heterocycles. The van der Waals surface area contributed by atoms with E-state index in [1.807, 2.05) is 60.7 Å². The molecule has 2 aromatic rings. The molecule has 0 bridgehead atoms. The Hall–Kier alpha value is -3.22. The molecule has 0 aliphatic rings. The summed E-state index contributed by atoms with van der Waals surface area (Å²) in [7, 11) is 0. The third-order valence-corrected chi connectivity index (χ3v) is 4.08. The number of benzene rings is 2. The molecule has 0 unspecified atom stereocenters. The minimum atomic E-state index is -1.17. The van der Waals surface area contributed by atoms with Crippen LogP contribution in [0.15, 0.2) is 60.7 Å². The average Bonchev–Trinajstić information content (AvgIpc) is 2.72. The van der Waals surface area contributed by atoms with Crippen LogP contribution >= 0.6 is 0 Å². The number of Topliss-reactive ketones (excluding diaryl/α,β-unsaturated/α-hetero) is 1. The Kier molecular flexibility index (Phi) is 8.14. The lowest BCUT2D eigenvalue weighted by atomic mass is 10.0. The molecule has 2 rings (SSSR count). The van der Waals surface area contributed by atoms with Crippen LogP contribution in [0.1, 0.15) is 18.1 Å². The summed E-state index contributed by atoms with van der Waals surface area (Å²) in [5.41, 5.74) is 1.62. The van der Waals surface area contributed by atoms with Crippen LogP contribution in [0.5, 0.6) is 0 Å². The molecule has 0 saturated carbocycles. The lowest BCUT2D eigenvalue weighted by Crippen LogP contribution is -2.52. The fourth-order valence-corrected chi connectivity index (χ4v) is 2.48. The summed E-state index contributed by atoms with van der Waals surface area (Å²) in [6.45, 7) is 0.285. The largest absolute Gasteiger partial charge is 0.445 e. The van der Waals surface area contributed by atoms with Gasteiger partial charge < -0.3 is 15.4 Å². The minimum absolute atomic E-state index is 0.0586. The molecule has 0 aromatic heterocycles. The summed E-state index contributed by atoms with van der Waals surface area (Å²) >= 11 is 0. The molecule has 0 spiro atoms. The van der Waals surface area contributed by atoms with Gasteiger partial charge in [0.05, 0.1) is 6.04 Å². The fraction of sp³-hybridized carbons (Fsp3) is 0.286. The van der Waals surface area contributed by atoms with Gasteiger partial charge in [0, 0.05) is 6.42 Å². The van der Waals surface area contributed by atoms with Crippen LogP contribution < -0.4 is 10.6 Å². The number of ether oxygens (including phenoxy) is 1. The van der Waals surface area contributed by atoms with E-state index < -0.39 is 36.5 Å². The van der Waals surface area contributed by atoms with E-state index in [1.54, 1.807) is 0 Å². The Balaban J connectivity index is 2.01. The van der Waals surface area contributed by atoms with Crippen molar-refractivity contribution in [3.63, 3.8) is 0 Å². The van der Waals surface area contributed by atoms with Crippen LogP contribution in [-0.2, 0) is 27.4 Å². The molecule has 0 heterocycles. The quantitative estimate of drug-likeness (QED) is 0.694. The van der Waals surface area contributed by atoms with Gasteiger partial charge >= 0.3 is 6.09 Å². The predicted molar refractivity (Wildman–Crippen MR) is 102 cm³/mol. The van der Waals surface area contributed by atoms with Gasteiger partial charge in [-0.1, -0.05) is 60.7 Å². The second kappa shape index (κ2) is 10.8. The Bertz CT molecular complexity index is 784. The van der Waals surface area contributed by atoms with Crippen molar-refractivity contribution >= 4 is 17.8 Å². The third-order valence-electron chi connectivity index (χ3n) is 4.08. The maximum atomic E-state index is 12.5. The molecule has 2 N–H and O–H groups in total. The van der Waals surface area contributed by atoms with E-state index in [-0.39, 0.29) is 13.0 Å². The highest BCUT2D eigenvalue weighted by molar-refractivity contribution is 5.92. The van der Waals surface area contributed by atoms with Gasteiger partial charge in [0.1, 0.15) is 19.3 Å². The summed E-state index contributed by atoms with van der Waals surface area (Å²) in [5.74, 6) is -1.33. The molecule has 0 aliphatic carbocycles. The average molecular weight is 386 g/mol. The van der Waals surface area contributed by atoms with E-state index in [0.717, 1.165) is 11.1 Å². The van der Waals surface area contributed by atoms with Crippen molar-refractivity contribution in [3.8, 4) is 0 Å². The van der Waals surface area contributed by atoms with Gasteiger partial charge in [0.15, 0.2) is 5.78 Å². The number of alkyl halides is 1. The van der Waals surface area contributed by atoms with E-state index in [1.165, 1.54) is 6.92 Å². The van der Waals surface area contributed by atoms with Crippen LogP contribution in [0.25, 0.3) is 0 Å². The Morgan fingerprint density at radius 1 is 0.929 bits per heavy atom. The predicted octanol–water partition coefficient (Wildman–Crippen LogP) is 2.57. The number of ketones is 1. The number of hydrogen-bond donors (Lipinski definition) is 2. The first-order valence-electron chi connectivity index (χ1n) is 8.89. The molecular weight excluding hydrogens is 363 g/mol. The highest BCUT2D eigenvalue weighted by Gasteiger charge is 2.25. The van der Waals surface area contributed by atoms with Gasteiger partial charge in [-0.25, -0.2) is 9.18 Å². The summed E-state index contributed by atoms with van der Waals surface area (Å²) in [4.78, 5) is 36.1. The van der Waals surface area contributed by atoms with Crippen LogP contribution in [0.2, 0.25) is 0 Å². The number of rotatable bonds is 9. The normalized spacial score (nSPS) is 12.5. The number of amides is 2. The number of alkyl carbamates (subject to hydrolysis) is 1. The zero-order chi connectivity index (χ0) is 20.4. The van der Waals surface area contributed by atoms with E-state index in [2.05, 4.69) is 10.6 Å². The van der Waals surface area contributed by atoms with Crippen molar-refractivity contribution in [2.24, 2.45) is 0 Å². The van der Waals surface area contributed by atoms with Gasteiger partial charge in [-0.15, -0.1) is 0 Å². The fourth-order valence-electron chi connectivity index (χ4n) is 2.48. The first-order valence-corrected chi connectivity index (χ1v) is 8.89. The van der Waals surface area contributed by atoms with Crippen molar-refractivity contribution in [1.29, 1.82) is 0 Å². The molecule has 0 radical (unpaired) electrons. The molecule has 6 nitrogen and oxygen atoms in total. The highest BCUT2D eigenvalue weighted by Crippen LogP contribution is 2.06. The molecule has 2 atom stereocenters. The molecule has 28 heavy (non-hydrogen) atoms. The van der Waals surface area contributed by atoms with Crippen LogP contribution in [0.4, 0.5) is 9.18 Å². The van der Waals surface area contributed by atoms with Gasteiger partial charge in [-0.3, -0.25) is 9.59 Å². The molecule has 2 aromatic carbocycles. The van der Waals surface area contributed by atoms with Crippen LogP contribution in [-0.4, -0.2) is 36.5 Å². The van der Waals surface area contributed by atoms with Crippen molar-refractivity contribution < 1.29 is 23.5 Å². The van der Waals surface area contributed by atoms with E-state index >= 15 is 0 Å². The molecule has 0 fully saturated rings. The number of halogens is 1. The van der Waals surface area contributed by atoms with Crippen molar-refractivity contribution in [3.05, 3.63) is 71.8 Å². The third kappa shape index (κ3) is 6.83. The zero-order valence-corrected chi connectivity index (χ0v) is 15.6. The molecule has 7 heteroatoms. The summed E-state index contributed by atoms with van der Waals surface area (Å²) in [6, 6.07) is 16.3. The first kappa shape index (κ1) is 21.1. The lowest BCUT2D eigenvalue weighted by molar-refractivity contribution is -0.128. The van der Waals surface area contributed by atoms with Crippen molar-refractivity contribution in [2.45, 2.75) is 32.0 Å². The number of nitrogens with one attached hydrogen (secondary N) is 2. The lowest BCUT2D eigenvalue weighted by Gasteiger charge is -2.20. The van der Waals surface area contributed by atoms with Crippen molar-refractivity contribution in [1.82, 2.24) is 10.6 Å². The first-order chi connectivity index (χ1) is 13.5. The second-order valence-corrected chi connectivity index (χ2v) is 6.28. The SMILES string of the molecule is C[C@H](NC(=O)[C@@H](Cc1ccccc1)NC(=O)OCc1ccccc1)C(=O)CF. The molecular formula is C21H23FN2O4. The zero-order valence-electron chi connectivity index (χ0n) is 15.6. The summed E-state index contributed by atoms with van der Waals surface area (Å²) in [6.07, 6.45) is -0.562. The van der Waals surface area contributed by atoms with Crippen LogP contribution in [0, 0.1) is 0 Å². The van der Waals surface area contributed by atoms with Gasteiger partial charge in [0.2, 0.25) is 5.91 Å². The standard InChI is InChI=1S/C21H23FN2O4/c1-15(19(25)13-22)23-20(26)18(12-16-8-4-2-5-9-16)24-21(27)28-14-17-10-6-3-7-11-17/h2-11,15,18H,12-14H2,1H3,(H,23,26)(H,24,27)/t15-,18+/m0/s1. The second-order valence-electron chi connectivity index (χ2n) is 6.28. The maximum absolute atomic E-state index is 12.5. The Morgan fingerprint density at radius 3 is 2.07 bits per heavy atom. The van der Waals surface area contributed by atoms with E-state index in [9.17, 15) is 18.8 Å². The Labute approximate surface area is 163 Å². The van der Waals surface area contributed by atoms with E-state index in [0.29, 0.717) is 0 Å². The maximum Gasteiger partial charge on any atom is 0.408 e. The summed E-state index contributed by atoms with van der Waals surface area (Å²) in [5, 5.41) is 4.95. The monoisotopic (exact) mass is 386 g/mol. The topological polar surface area (TPSA) is 84.5 Å².